The number of imide groups is 1. The van der Waals surface area contributed by atoms with Gasteiger partial charge in [-0.05, 0) is 12.1 Å². The van der Waals surface area contributed by atoms with Crippen LogP contribution in [0.2, 0.25) is 0 Å². The van der Waals surface area contributed by atoms with Crippen LogP contribution in [0, 0.1) is 0 Å². The van der Waals surface area contributed by atoms with Gasteiger partial charge in [0.2, 0.25) is 0 Å². The maximum absolute atomic E-state index is 11.5. The molecule has 0 radical (unpaired) electrons. The number of amides is 2. The van der Waals surface area contributed by atoms with Gasteiger partial charge in [0.15, 0.2) is 0 Å². The van der Waals surface area contributed by atoms with Crippen molar-refractivity contribution in [3.8, 4) is 0 Å². The van der Waals surface area contributed by atoms with Crippen molar-refractivity contribution in [2.24, 2.45) is 0 Å². The van der Waals surface area contributed by atoms with Crippen molar-refractivity contribution < 1.29 is 14.7 Å². The van der Waals surface area contributed by atoms with E-state index in [2.05, 4.69) is 0 Å². The fourth-order valence-corrected chi connectivity index (χ4v) is 1.40. The number of nitrogens with zero attached hydrogens (tertiary/aromatic N) is 1. The fraction of sp³-hybridized carbons (Fsp3) is 0. The van der Waals surface area contributed by atoms with E-state index in [1.807, 2.05) is 0 Å². The minimum atomic E-state index is -0.447. The van der Waals surface area contributed by atoms with Gasteiger partial charge in [-0.3, -0.25) is 14.5 Å². The predicted molar refractivity (Wildman–Crippen MR) is 46.1 cm³/mol. The highest BCUT2D eigenvalue weighted by Gasteiger charge is 2.33. The lowest BCUT2D eigenvalue weighted by molar-refractivity contribution is -0.275. The average molecular weight is 188 g/mol. The molecule has 1 aromatic carbocycles. The molecule has 0 N–H and O–H groups in total. The van der Waals surface area contributed by atoms with Crippen LogP contribution < -0.4 is 5.11 Å². The summed E-state index contributed by atoms with van der Waals surface area (Å²) in [7, 11) is 0. The number of hydrogen-bond acceptors (Lipinski definition) is 3. The molecule has 2 rings (SSSR count). The van der Waals surface area contributed by atoms with Crippen molar-refractivity contribution in [2.75, 3.05) is 0 Å². The standard InChI is InChI=1S/C10H7NO3/c12-6-5-11-9(13)7-3-1-2-4-8(7)10(11)14/h1-6,12H/p-1/b6-5+. The third-order valence-corrected chi connectivity index (χ3v) is 2.04. The molecule has 1 aliphatic rings. The van der Waals surface area contributed by atoms with Crippen LogP contribution in [0.5, 0.6) is 0 Å². The topological polar surface area (TPSA) is 60.4 Å². The summed E-state index contributed by atoms with van der Waals surface area (Å²) < 4.78 is 0. The molecule has 4 heteroatoms. The number of hydrogen-bond donors (Lipinski definition) is 0. The zero-order valence-electron chi connectivity index (χ0n) is 7.14. The zero-order valence-corrected chi connectivity index (χ0v) is 7.14. The summed E-state index contributed by atoms with van der Waals surface area (Å²) in [6.07, 6.45) is 1.35. The lowest BCUT2D eigenvalue weighted by atomic mass is 10.1. The number of benzene rings is 1. The quantitative estimate of drug-likeness (QED) is 0.464. The summed E-state index contributed by atoms with van der Waals surface area (Å²) in [5.41, 5.74) is 0.686. The molecule has 1 heterocycles. The van der Waals surface area contributed by atoms with Crippen molar-refractivity contribution in [3.63, 3.8) is 0 Å². The van der Waals surface area contributed by atoms with E-state index in [4.69, 9.17) is 0 Å². The maximum atomic E-state index is 11.5. The summed E-state index contributed by atoms with van der Waals surface area (Å²) in [6, 6.07) is 6.48. The molecule has 0 spiro atoms. The second-order valence-corrected chi connectivity index (χ2v) is 2.81. The van der Waals surface area contributed by atoms with Crippen LogP contribution in [-0.2, 0) is 0 Å². The molecule has 0 atom stereocenters. The van der Waals surface area contributed by atoms with Gasteiger partial charge < -0.3 is 5.11 Å². The van der Waals surface area contributed by atoms with Crippen LogP contribution in [0.4, 0.5) is 0 Å². The number of carbonyl (C=O) groups is 2. The van der Waals surface area contributed by atoms with Crippen LogP contribution in [0.1, 0.15) is 20.7 Å². The van der Waals surface area contributed by atoms with Gasteiger partial charge in [0.25, 0.3) is 11.8 Å². The summed E-state index contributed by atoms with van der Waals surface area (Å²) in [4.78, 5) is 23.8. The minimum absolute atomic E-state index is 0.343. The van der Waals surface area contributed by atoms with Crippen LogP contribution in [0.3, 0.4) is 0 Å². The largest absolute Gasteiger partial charge is 0.877 e. The van der Waals surface area contributed by atoms with Gasteiger partial charge in [0, 0.05) is 6.20 Å². The van der Waals surface area contributed by atoms with E-state index in [9.17, 15) is 14.7 Å². The Balaban J connectivity index is 2.53. The van der Waals surface area contributed by atoms with Crippen molar-refractivity contribution in [3.05, 3.63) is 47.9 Å². The first-order valence-corrected chi connectivity index (χ1v) is 4.01. The third-order valence-electron chi connectivity index (χ3n) is 2.04. The van der Waals surface area contributed by atoms with Gasteiger partial charge in [-0.1, -0.05) is 12.1 Å². The highest BCUT2D eigenvalue weighted by molar-refractivity contribution is 6.21. The van der Waals surface area contributed by atoms with E-state index in [1.54, 1.807) is 24.3 Å². The normalized spacial score (nSPS) is 15.3. The van der Waals surface area contributed by atoms with Gasteiger partial charge >= 0.3 is 0 Å². The lowest BCUT2D eigenvalue weighted by Gasteiger charge is -2.07. The molecule has 0 fully saturated rings. The first-order chi connectivity index (χ1) is 6.75. The first-order valence-electron chi connectivity index (χ1n) is 4.01. The Labute approximate surface area is 80.1 Å². The van der Waals surface area contributed by atoms with Crippen molar-refractivity contribution in [2.45, 2.75) is 0 Å². The SMILES string of the molecule is O=C1c2ccccc2C(=O)N1/C=C/[O-]. The summed E-state index contributed by atoms with van der Waals surface area (Å²) in [5, 5.41) is 10.2. The van der Waals surface area contributed by atoms with Gasteiger partial charge in [-0.2, -0.15) is 0 Å². The Bertz CT molecular complexity index is 402. The molecule has 14 heavy (non-hydrogen) atoms. The van der Waals surface area contributed by atoms with Crippen LogP contribution in [-0.4, -0.2) is 16.7 Å². The van der Waals surface area contributed by atoms with E-state index in [-0.39, 0.29) is 0 Å². The summed E-state index contributed by atoms with van der Waals surface area (Å²) in [6.45, 7) is 0. The minimum Gasteiger partial charge on any atom is -0.877 e. The second-order valence-electron chi connectivity index (χ2n) is 2.81. The van der Waals surface area contributed by atoms with E-state index in [1.165, 1.54) is 0 Å². The number of carbonyl (C=O) groups excluding carboxylic acids is 2. The summed E-state index contributed by atoms with van der Waals surface area (Å²) >= 11 is 0. The van der Waals surface area contributed by atoms with Gasteiger partial charge in [-0.25, -0.2) is 0 Å². The Morgan fingerprint density at radius 1 is 1.07 bits per heavy atom. The molecule has 4 nitrogen and oxygen atoms in total. The van der Waals surface area contributed by atoms with Crippen LogP contribution in [0.25, 0.3) is 0 Å². The van der Waals surface area contributed by atoms with E-state index < -0.39 is 11.8 Å². The Morgan fingerprint density at radius 2 is 1.57 bits per heavy atom. The molecule has 1 aromatic rings. The Morgan fingerprint density at radius 3 is 2.00 bits per heavy atom. The smallest absolute Gasteiger partial charge is 0.265 e. The van der Waals surface area contributed by atoms with Gasteiger partial charge in [0.05, 0.1) is 11.1 Å². The number of fused-ring (bicyclic) bond motifs is 1. The molecule has 0 aromatic heterocycles. The monoisotopic (exact) mass is 188 g/mol. The van der Waals surface area contributed by atoms with E-state index >= 15 is 0 Å². The van der Waals surface area contributed by atoms with E-state index in [0.29, 0.717) is 17.4 Å². The molecular formula is C10H6NO3-. The first kappa shape index (κ1) is 8.50. The average Bonchev–Trinajstić information content (AvgIpc) is 2.45. The molecule has 2 amide bonds. The van der Waals surface area contributed by atoms with Gasteiger partial charge in [0.1, 0.15) is 0 Å². The molecule has 0 unspecified atom stereocenters. The van der Waals surface area contributed by atoms with Crippen LogP contribution in [0.15, 0.2) is 36.7 Å². The Kier molecular flexibility index (Phi) is 1.81. The molecule has 0 aliphatic carbocycles. The summed E-state index contributed by atoms with van der Waals surface area (Å²) in [5.74, 6) is -0.893. The lowest BCUT2D eigenvalue weighted by Crippen LogP contribution is -2.24. The van der Waals surface area contributed by atoms with E-state index in [0.717, 1.165) is 11.1 Å². The fourth-order valence-electron chi connectivity index (χ4n) is 1.40. The highest BCUT2D eigenvalue weighted by Crippen LogP contribution is 2.22. The van der Waals surface area contributed by atoms with Crippen molar-refractivity contribution in [1.29, 1.82) is 0 Å². The Hall–Kier alpha value is -2.10. The van der Waals surface area contributed by atoms with Crippen molar-refractivity contribution in [1.82, 2.24) is 4.90 Å². The highest BCUT2D eigenvalue weighted by atomic mass is 16.2. The van der Waals surface area contributed by atoms with Crippen molar-refractivity contribution >= 4 is 11.8 Å². The molecule has 0 bridgehead atoms. The third kappa shape index (κ3) is 1.01. The molecule has 70 valence electrons. The molecule has 1 aliphatic heterocycles. The van der Waals surface area contributed by atoms with Gasteiger partial charge in [-0.15, -0.1) is 6.26 Å². The van der Waals surface area contributed by atoms with Crippen LogP contribution >= 0.6 is 0 Å². The maximum Gasteiger partial charge on any atom is 0.265 e. The zero-order chi connectivity index (χ0) is 10.1. The molecule has 0 saturated heterocycles. The second kappa shape index (κ2) is 2.99. The molecular weight excluding hydrogens is 182 g/mol. The number of rotatable bonds is 1. The molecule has 0 saturated carbocycles. The predicted octanol–water partition coefficient (Wildman–Crippen LogP) is 0.114.